The Balaban J connectivity index is 2.91. The topological polar surface area (TPSA) is 20.2 Å². The van der Waals surface area contributed by atoms with Crippen LogP contribution in [0.5, 0.6) is 0 Å². The number of aliphatic hydroxyl groups is 1. The molecule has 1 aromatic rings. The predicted molar refractivity (Wildman–Crippen MR) is 58.9 cm³/mol. The molecule has 0 amide bonds. The first-order valence-electron chi connectivity index (χ1n) is 4.58. The van der Waals surface area contributed by atoms with E-state index in [4.69, 9.17) is 0 Å². The fourth-order valence-corrected chi connectivity index (χ4v) is 2.01. The van der Waals surface area contributed by atoms with Crippen molar-refractivity contribution < 1.29 is 5.11 Å². The predicted octanol–water partition coefficient (Wildman–Crippen LogP) is 3.32. The fourth-order valence-electron chi connectivity index (χ4n) is 1.59. The number of rotatable bonds is 3. The van der Waals surface area contributed by atoms with Crippen molar-refractivity contribution in [3.63, 3.8) is 0 Å². The van der Waals surface area contributed by atoms with Crippen LogP contribution in [-0.4, -0.2) is 11.2 Å². The van der Waals surface area contributed by atoms with Gasteiger partial charge >= 0.3 is 0 Å². The lowest BCUT2D eigenvalue weighted by molar-refractivity contribution is 0.160. The molecule has 1 N–H and O–H groups in total. The van der Waals surface area contributed by atoms with E-state index in [0.29, 0.717) is 0 Å². The molecular weight excluding hydrogens is 228 g/mol. The van der Waals surface area contributed by atoms with E-state index in [0.717, 1.165) is 10.9 Å². The van der Waals surface area contributed by atoms with Crippen LogP contribution < -0.4 is 0 Å². The summed E-state index contributed by atoms with van der Waals surface area (Å²) in [6.45, 7) is 3.94. The Bertz CT molecular complexity index is 271. The summed E-state index contributed by atoms with van der Waals surface area (Å²) in [7, 11) is 0. The largest absolute Gasteiger partial charge is 0.393 e. The molecule has 1 aromatic carbocycles. The molecule has 2 heteroatoms. The van der Waals surface area contributed by atoms with Gasteiger partial charge in [0.05, 0.1) is 6.10 Å². The van der Waals surface area contributed by atoms with Crippen LogP contribution in [0.3, 0.4) is 0 Å². The first kappa shape index (κ1) is 10.7. The number of benzene rings is 1. The standard InChI is InChI=1S/C11H15BrO/c1-3-11(8(2)13)9-5-4-6-10(12)7-9/h4-8,11,13H,3H2,1-2H3. The molecular formula is C11H15BrO. The van der Waals surface area contributed by atoms with Gasteiger partial charge in [0.2, 0.25) is 0 Å². The summed E-state index contributed by atoms with van der Waals surface area (Å²) in [6.07, 6.45) is 0.688. The number of hydrogen-bond donors (Lipinski definition) is 1. The highest BCUT2D eigenvalue weighted by atomic mass is 79.9. The summed E-state index contributed by atoms with van der Waals surface area (Å²) in [4.78, 5) is 0. The summed E-state index contributed by atoms with van der Waals surface area (Å²) in [5, 5.41) is 9.54. The molecule has 2 unspecified atom stereocenters. The molecule has 1 rings (SSSR count). The molecule has 0 heterocycles. The second kappa shape index (κ2) is 4.77. The van der Waals surface area contributed by atoms with E-state index in [9.17, 15) is 5.11 Å². The summed E-state index contributed by atoms with van der Waals surface area (Å²) in [6, 6.07) is 8.13. The van der Waals surface area contributed by atoms with Gasteiger partial charge in [0.15, 0.2) is 0 Å². The molecule has 0 aliphatic rings. The molecule has 0 fully saturated rings. The normalized spacial score (nSPS) is 15.4. The van der Waals surface area contributed by atoms with Crippen LogP contribution in [0, 0.1) is 0 Å². The molecule has 1 nitrogen and oxygen atoms in total. The smallest absolute Gasteiger partial charge is 0.0580 e. The van der Waals surface area contributed by atoms with E-state index in [-0.39, 0.29) is 12.0 Å². The quantitative estimate of drug-likeness (QED) is 0.863. The van der Waals surface area contributed by atoms with E-state index in [1.165, 1.54) is 5.56 Å². The molecule has 0 saturated carbocycles. The van der Waals surface area contributed by atoms with Gasteiger partial charge in [-0.2, -0.15) is 0 Å². The highest BCUT2D eigenvalue weighted by Crippen LogP contribution is 2.25. The maximum Gasteiger partial charge on any atom is 0.0580 e. The molecule has 0 aliphatic heterocycles. The van der Waals surface area contributed by atoms with Crippen molar-refractivity contribution in [3.8, 4) is 0 Å². The van der Waals surface area contributed by atoms with Crippen LogP contribution in [0.1, 0.15) is 31.7 Å². The van der Waals surface area contributed by atoms with Gasteiger partial charge in [-0.05, 0) is 31.0 Å². The van der Waals surface area contributed by atoms with Gasteiger partial charge in [0.1, 0.15) is 0 Å². The Morgan fingerprint density at radius 2 is 2.15 bits per heavy atom. The molecule has 72 valence electrons. The average molecular weight is 243 g/mol. The summed E-state index contributed by atoms with van der Waals surface area (Å²) in [5.41, 5.74) is 1.20. The van der Waals surface area contributed by atoms with E-state index < -0.39 is 0 Å². The van der Waals surface area contributed by atoms with E-state index >= 15 is 0 Å². The lowest BCUT2D eigenvalue weighted by Gasteiger charge is -2.18. The minimum absolute atomic E-state index is 0.248. The fraction of sp³-hybridized carbons (Fsp3) is 0.455. The Hall–Kier alpha value is -0.340. The third-order valence-electron chi connectivity index (χ3n) is 2.30. The van der Waals surface area contributed by atoms with Crippen molar-refractivity contribution in [2.45, 2.75) is 32.3 Å². The van der Waals surface area contributed by atoms with Crippen molar-refractivity contribution in [1.82, 2.24) is 0 Å². The molecule has 0 aliphatic carbocycles. The third-order valence-corrected chi connectivity index (χ3v) is 2.79. The monoisotopic (exact) mass is 242 g/mol. The van der Waals surface area contributed by atoms with Gasteiger partial charge in [-0.1, -0.05) is 35.0 Å². The Morgan fingerprint density at radius 3 is 2.62 bits per heavy atom. The van der Waals surface area contributed by atoms with Crippen molar-refractivity contribution in [2.24, 2.45) is 0 Å². The lowest BCUT2D eigenvalue weighted by atomic mass is 9.92. The highest BCUT2D eigenvalue weighted by molar-refractivity contribution is 9.10. The Labute approximate surface area is 87.9 Å². The van der Waals surface area contributed by atoms with Gasteiger partial charge in [-0.3, -0.25) is 0 Å². The van der Waals surface area contributed by atoms with E-state index in [1.807, 2.05) is 19.1 Å². The molecule has 0 saturated heterocycles. The minimum Gasteiger partial charge on any atom is -0.393 e. The SMILES string of the molecule is CCC(c1cccc(Br)c1)C(C)O. The van der Waals surface area contributed by atoms with Crippen LogP contribution in [0.15, 0.2) is 28.7 Å². The average Bonchev–Trinajstić information content (AvgIpc) is 2.04. The van der Waals surface area contributed by atoms with Crippen LogP contribution in [-0.2, 0) is 0 Å². The molecule has 13 heavy (non-hydrogen) atoms. The van der Waals surface area contributed by atoms with Crippen molar-refractivity contribution in [2.75, 3.05) is 0 Å². The molecule has 2 atom stereocenters. The Morgan fingerprint density at radius 1 is 1.46 bits per heavy atom. The lowest BCUT2D eigenvalue weighted by Crippen LogP contribution is -2.13. The Kier molecular flexibility index (Phi) is 3.94. The van der Waals surface area contributed by atoms with Gasteiger partial charge in [0.25, 0.3) is 0 Å². The summed E-state index contributed by atoms with van der Waals surface area (Å²) in [5.74, 6) is 0.248. The highest BCUT2D eigenvalue weighted by Gasteiger charge is 2.14. The van der Waals surface area contributed by atoms with Crippen LogP contribution in [0.25, 0.3) is 0 Å². The zero-order valence-corrected chi connectivity index (χ0v) is 9.58. The zero-order chi connectivity index (χ0) is 9.84. The van der Waals surface area contributed by atoms with Gasteiger partial charge < -0.3 is 5.11 Å². The van der Waals surface area contributed by atoms with E-state index in [2.05, 4.69) is 35.0 Å². The van der Waals surface area contributed by atoms with Crippen LogP contribution in [0.2, 0.25) is 0 Å². The maximum atomic E-state index is 9.54. The first-order valence-corrected chi connectivity index (χ1v) is 5.38. The van der Waals surface area contributed by atoms with Crippen LogP contribution >= 0.6 is 15.9 Å². The van der Waals surface area contributed by atoms with Crippen molar-refractivity contribution in [3.05, 3.63) is 34.3 Å². The van der Waals surface area contributed by atoms with Gasteiger partial charge in [-0.25, -0.2) is 0 Å². The minimum atomic E-state index is -0.278. The molecule has 0 radical (unpaired) electrons. The summed E-state index contributed by atoms with van der Waals surface area (Å²) < 4.78 is 1.07. The van der Waals surface area contributed by atoms with Gasteiger partial charge in [0, 0.05) is 10.4 Å². The maximum absolute atomic E-state index is 9.54. The number of hydrogen-bond acceptors (Lipinski definition) is 1. The molecule has 0 spiro atoms. The second-order valence-electron chi connectivity index (χ2n) is 3.31. The second-order valence-corrected chi connectivity index (χ2v) is 4.23. The van der Waals surface area contributed by atoms with Crippen molar-refractivity contribution >= 4 is 15.9 Å². The number of aliphatic hydroxyl groups excluding tert-OH is 1. The number of halogens is 1. The van der Waals surface area contributed by atoms with Crippen molar-refractivity contribution in [1.29, 1.82) is 0 Å². The third kappa shape index (κ3) is 2.82. The zero-order valence-electron chi connectivity index (χ0n) is 8.00. The summed E-state index contributed by atoms with van der Waals surface area (Å²) >= 11 is 3.43. The van der Waals surface area contributed by atoms with Gasteiger partial charge in [-0.15, -0.1) is 0 Å². The molecule has 0 bridgehead atoms. The first-order chi connectivity index (χ1) is 6.15. The van der Waals surface area contributed by atoms with Crippen LogP contribution in [0.4, 0.5) is 0 Å². The molecule has 0 aromatic heterocycles. The van der Waals surface area contributed by atoms with E-state index in [1.54, 1.807) is 0 Å².